The third-order valence-corrected chi connectivity index (χ3v) is 2.44. The van der Waals surface area contributed by atoms with Crippen LogP contribution in [0.1, 0.15) is 19.7 Å². The van der Waals surface area contributed by atoms with Crippen LogP contribution in [0, 0.1) is 5.92 Å². The van der Waals surface area contributed by atoms with E-state index in [0.29, 0.717) is 36.5 Å². The van der Waals surface area contributed by atoms with Crippen LogP contribution in [0.2, 0.25) is 0 Å². The van der Waals surface area contributed by atoms with E-state index in [9.17, 15) is 4.79 Å². The standard InChI is InChI=1S/C13H23N5O2/c1-9(2)6-16-13(19)7-15-11-5-10(14-3)17-12(18-11)8-20-4/h5,9H,6-8H2,1-4H3,(H,16,19)(H2,14,15,17,18). The highest BCUT2D eigenvalue weighted by Gasteiger charge is 2.06. The summed E-state index contributed by atoms with van der Waals surface area (Å²) in [5.74, 6) is 2.21. The van der Waals surface area contributed by atoms with Crippen molar-refractivity contribution in [3.8, 4) is 0 Å². The van der Waals surface area contributed by atoms with E-state index in [2.05, 4.69) is 25.9 Å². The Morgan fingerprint density at radius 3 is 2.65 bits per heavy atom. The minimum Gasteiger partial charge on any atom is -0.377 e. The molecule has 0 radical (unpaired) electrons. The number of carbonyl (C=O) groups excluding carboxylic acids is 1. The molecule has 0 atom stereocenters. The zero-order chi connectivity index (χ0) is 15.0. The van der Waals surface area contributed by atoms with Gasteiger partial charge in [0.15, 0.2) is 5.82 Å². The molecule has 1 heterocycles. The lowest BCUT2D eigenvalue weighted by Crippen LogP contribution is -2.32. The van der Waals surface area contributed by atoms with E-state index in [4.69, 9.17) is 4.74 Å². The quantitative estimate of drug-likeness (QED) is 0.654. The molecule has 0 saturated heterocycles. The topological polar surface area (TPSA) is 88.2 Å². The molecule has 0 bridgehead atoms. The second-order valence-corrected chi connectivity index (χ2v) is 4.79. The summed E-state index contributed by atoms with van der Waals surface area (Å²) in [7, 11) is 3.36. The molecule has 1 aromatic heterocycles. The largest absolute Gasteiger partial charge is 0.377 e. The van der Waals surface area contributed by atoms with Gasteiger partial charge < -0.3 is 20.7 Å². The molecule has 1 amide bonds. The van der Waals surface area contributed by atoms with E-state index in [1.165, 1.54) is 0 Å². The molecule has 0 aromatic carbocycles. The van der Waals surface area contributed by atoms with E-state index in [1.54, 1.807) is 20.2 Å². The molecular weight excluding hydrogens is 258 g/mol. The maximum absolute atomic E-state index is 11.6. The molecule has 0 fully saturated rings. The molecule has 7 heteroatoms. The monoisotopic (exact) mass is 281 g/mol. The molecule has 0 spiro atoms. The first-order valence-electron chi connectivity index (χ1n) is 6.60. The number of amides is 1. The molecule has 0 saturated carbocycles. The van der Waals surface area contributed by atoms with Crippen molar-refractivity contribution in [3.05, 3.63) is 11.9 Å². The Kier molecular flexibility index (Phi) is 6.72. The van der Waals surface area contributed by atoms with Crippen LogP contribution in [0.4, 0.5) is 11.6 Å². The summed E-state index contributed by atoms with van der Waals surface area (Å²) in [5, 5.41) is 8.77. The van der Waals surface area contributed by atoms with Crippen molar-refractivity contribution in [3.63, 3.8) is 0 Å². The predicted molar refractivity (Wildman–Crippen MR) is 78.6 cm³/mol. The van der Waals surface area contributed by atoms with Crippen molar-refractivity contribution in [1.29, 1.82) is 0 Å². The van der Waals surface area contributed by atoms with Gasteiger partial charge in [0.05, 0.1) is 6.54 Å². The number of nitrogens with one attached hydrogen (secondary N) is 3. The Hall–Kier alpha value is -1.89. The van der Waals surface area contributed by atoms with Gasteiger partial charge in [-0.1, -0.05) is 13.8 Å². The molecule has 0 unspecified atom stereocenters. The Morgan fingerprint density at radius 2 is 2.05 bits per heavy atom. The molecule has 1 aromatic rings. The smallest absolute Gasteiger partial charge is 0.239 e. The maximum Gasteiger partial charge on any atom is 0.239 e. The van der Waals surface area contributed by atoms with Crippen molar-refractivity contribution in [1.82, 2.24) is 15.3 Å². The van der Waals surface area contributed by atoms with E-state index in [0.717, 1.165) is 0 Å². The Balaban J connectivity index is 2.58. The van der Waals surface area contributed by atoms with Crippen molar-refractivity contribution in [2.45, 2.75) is 20.5 Å². The highest BCUT2D eigenvalue weighted by molar-refractivity contribution is 5.80. The highest BCUT2D eigenvalue weighted by Crippen LogP contribution is 2.11. The van der Waals surface area contributed by atoms with Gasteiger partial charge in [0.1, 0.15) is 18.2 Å². The summed E-state index contributed by atoms with van der Waals surface area (Å²) in [6.07, 6.45) is 0. The third kappa shape index (κ3) is 5.83. The summed E-state index contributed by atoms with van der Waals surface area (Å²) in [4.78, 5) is 20.1. The van der Waals surface area contributed by atoms with Crippen LogP contribution in [0.15, 0.2) is 6.07 Å². The summed E-state index contributed by atoms with van der Waals surface area (Å²) >= 11 is 0. The molecule has 0 aliphatic rings. The summed E-state index contributed by atoms with van der Waals surface area (Å²) in [5.41, 5.74) is 0. The first-order chi connectivity index (χ1) is 9.55. The number of nitrogens with zero attached hydrogens (tertiary/aromatic N) is 2. The first-order valence-corrected chi connectivity index (χ1v) is 6.60. The van der Waals surface area contributed by atoms with Crippen LogP contribution in [-0.2, 0) is 16.1 Å². The number of aromatic nitrogens is 2. The minimum atomic E-state index is -0.0587. The predicted octanol–water partition coefficient (Wildman–Crippen LogP) is 0.849. The number of methoxy groups -OCH3 is 1. The zero-order valence-electron chi connectivity index (χ0n) is 12.5. The minimum absolute atomic E-state index is 0.0587. The Bertz CT molecular complexity index is 437. The zero-order valence-corrected chi connectivity index (χ0v) is 12.5. The number of rotatable bonds is 8. The van der Waals surface area contributed by atoms with Crippen molar-refractivity contribution in [2.75, 3.05) is 37.9 Å². The summed E-state index contributed by atoms with van der Waals surface area (Å²) in [6, 6.07) is 1.74. The molecule has 20 heavy (non-hydrogen) atoms. The highest BCUT2D eigenvalue weighted by atomic mass is 16.5. The second kappa shape index (κ2) is 8.31. The fourth-order valence-electron chi connectivity index (χ4n) is 1.46. The van der Waals surface area contributed by atoms with Crippen LogP contribution in [0.25, 0.3) is 0 Å². The van der Waals surface area contributed by atoms with E-state index < -0.39 is 0 Å². The van der Waals surface area contributed by atoms with Crippen LogP contribution in [0.5, 0.6) is 0 Å². The van der Waals surface area contributed by atoms with Gasteiger partial charge >= 0.3 is 0 Å². The average molecular weight is 281 g/mol. The van der Waals surface area contributed by atoms with Crippen LogP contribution in [0.3, 0.4) is 0 Å². The Morgan fingerprint density at radius 1 is 1.35 bits per heavy atom. The van der Waals surface area contributed by atoms with Gasteiger partial charge in [-0.05, 0) is 5.92 Å². The molecular formula is C13H23N5O2. The van der Waals surface area contributed by atoms with Gasteiger partial charge in [-0.3, -0.25) is 4.79 Å². The third-order valence-electron chi connectivity index (χ3n) is 2.44. The molecule has 7 nitrogen and oxygen atoms in total. The summed E-state index contributed by atoms with van der Waals surface area (Å²) < 4.78 is 5.01. The SMILES string of the molecule is CNc1cc(NCC(=O)NCC(C)C)nc(COC)n1. The number of hydrogen-bond donors (Lipinski definition) is 3. The number of ether oxygens (including phenoxy) is 1. The van der Waals surface area contributed by atoms with Crippen molar-refractivity contribution >= 4 is 17.5 Å². The lowest BCUT2D eigenvalue weighted by molar-refractivity contribution is -0.119. The van der Waals surface area contributed by atoms with Crippen LogP contribution >= 0.6 is 0 Å². The maximum atomic E-state index is 11.6. The number of hydrogen-bond acceptors (Lipinski definition) is 6. The van der Waals surface area contributed by atoms with E-state index >= 15 is 0 Å². The lowest BCUT2D eigenvalue weighted by atomic mass is 10.2. The normalized spacial score (nSPS) is 10.4. The lowest BCUT2D eigenvalue weighted by Gasteiger charge is -2.11. The molecule has 1 rings (SSSR count). The molecule has 0 aliphatic carbocycles. The number of anilines is 2. The van der Waals surface area contributed by atoms with Crippen molar-refractivity contribution in [2.24, 2.45) is 5.92 Å². The van der Waals surface area contributed by atoms with Gasteiger partial charge in [-0.2, -0.15) is 0 Å². The van der Waals surface area contributed by atoms with Gasteiger partial charge in [-0.15, -0.1) is 0 Å². The fourth-order valence-corrected chi connectivity index (χ4v) is 1.46. The van der Waals surface area contributed by atoms with Crippen LogP contribution in [-0.4, -0.2) is 43.1 Å². The summed E-state index contributed by atoms with van der Waals surface area (Å²) in [6.45, 7) is 5.27. The Labute approximate surface area is 119 Å². The molecule has 112 valence electrons. The van der Waals surface area contributed by atoms with Gasteiger partial charge in [0, 0.05) is 26.8 Å². The van der Waals surface area contributed by atoms with E-state index in [-0.39, 0.29) is 12.5 Å². The van der Waals surface area contributed by atoms with E-state index in [1.807, 2.05) is 13.8 Å². The van der Waals surface area contributed by atoms with Gasteiger partial charge in [-0.25, -0.2) is 9.97 Å². The average Bonchev–Trinajstić information content (AvgIpc) is 2.43. The molecule has 3 N–H and O–H groups in total. The van der Waals surface area contributed by atoms with Gasteiger partial charge in [0.25, 0.3) is 0 Å². The second-order valence-electron chi connectivity index (χ2n) is 4.79. The first kappa shape index (κ1) is 16.2. The van der Waals surface area contributed by atoms with Crippen LogP contribution < -0.4 is 16.0 Å². The van der Waals surface area contributed by atoms with Gasteiger partial charge in [0.2, 0.25) is 5.91 Å². The van der Waals surface area contributed by atoms with Crippen molar-refractivity contribution < 1.29 is 9.53 Å². The fraction of sp³-hybridized carbons (Fsp3) is 0.615. The number of carbonyl (C=O) groups is 1. The molecule has 0 aliphatic heterocycles.